The minimum atomic E-state index is -2.07. The van der Waals surface area contributed by atoms with Crippen molar-refractivity contribution in [1.29, 1.82) is 0 Å². The number of pyridine rings is 1. The minimum absolute atomic E-state index is 0.0138. The number of imidazole rings is 1. The number of benzene rings is 2. The van der Waals surface area contributed by atoms with E-state index < -0.39 is 19.8 Å². The van der Waals surface area contributed by atoms with Crippen molar-refractivity contribution in [3.05, 3.63) is 74.5 Å². The number of aromatic nitrogens is 3. The molecule has 0 saturated carbocycles. The van der Waals surface area contributed by atoms with Crippen LogP contribution in [-0.4, -0.2) is 61.5 Å². The quantitative estimate of drug-likeness (QED) is 0.186. The van der Waals surface area contributed by atoms with Gasteiger partial charge in [0.05, 0.1) is 41.2 Å². The lowest BCUT2D eigenvalue weighted by Gasteiger charge is -2.36. The summed E-state index contributed by atoms with van der Waals surface area (Å²) < 4.78 is 39.6. The highest BCUT2D eigenvalue weighted by molar-refractivity contribution is 6.74. The molecular weight excluding hydrogens is 619 g/mol. The molecule has 0 aliphatic rings. The van der Waals surface area contributed by atoms with Gasteiger partial charge in [0.25, 0.3) is 5.91 Å². The molecule has 0 spiro atoms. The van der Waals surface area contributed by atoms with Crippen LogP contribution in [0, 0.1) is 12.7 Å². The highest BCUT2D eigenvalue weighted by atomic mass is 35.5. The fourth-order valence-electron chi connectivity index (χ4n) is 4.28. The molecule has 2 heterocycles. The molecular formula is C32H40ClFN4O6Si. The number of methoxy groups -OCH3 is 1. The number of nitrogens with one attached hydrogen (secondary N) is 1. The first-order valence-corrected chi connectivity index (χ1v) is 17.7. The molecule has 1 amide bonds. The van der Waals surface area contributed by atoms with Gasteiger partial charge in [-0.3, -0.25) is 4.79 Å². The van der Waals surface area contributed by atoms with Crippen LogP contribution < -0.4 is 19.9 Å². The number of hydrogen-bond acceptors (Lipinski definition) is 7. The standard InChI is InChI=1S/C32H40ClFN4O6Si/c1-19-13-20(16-44-45(8,9)32(2,3)4)35-30-29(19)36-31(40)38(30)24-15-27(26(14-22(24)33)43-18-28(39)37(5)6)42-17-21-23(34)11-10-12-25(21)41-7/h10-15H,16-18H2,1-9H3,(H,36,40). The van der Waals surface area contributed by atoms with Gasteiger partial charge in [0.15, 0.2) is 32.1 Å². The molecule has 0 fully saturated rings. The Morgan fingerprint density at radius 3 is 2.42 bits per heavy atom. The number of nitrogens with zero attached hydrogens (tertiary/aromatic N) is 3. The number of H-pyrrole nitrogens is 1. The number of amides is 1. The number of rotatable bonds is 11. The number of carbonyl (C=O) groups is 1. The van der Waals surface area contributed by atoms with Gasteiger partial charge in [0.2, 0.25) is 0 Å². The molecule has 0 radical (unpaired) electrons. The highest BCUT2D eigenvalue weighted by Crippen LogP contribution is 2.39. The van der Waals surface area contributed by atoms with Crippen molar-refractivity contribution in [2.45, 2.75) is 59.0 Å². The fourth-order valence-corrected chi connectivity index (χ4v) is 5.46. The van der Waals surface area contributed by atoms with Crippen molar-refractivity contribution in [3.63, 3.8) is 0 Å². The molecule has 10 nitrogen and oxygen atoms in total. The molecule has 0 aliphatic carbocycles. The van der Waals surface area contributed by atoms with Gasteiger partial charge in [-0.1, -0.05) is 38.4 Å². The summed E-state index contributed by atoms with van der Waals surface area (Å²) in [6.07, 6.45) is 0. The fraction of sp³-hybridized carbons (Fsp3) is 0.406. The van der Waals surface area contributed by atoms with E-state index in [1.54, 1.807) is 20.2 Å². The lowest BCUT2D eigenvalue weighted by atomic mass is 10.2. The lowest BCUT2D eigenvalue weighted by molar-refractivity contribution is -0.130. The smallest absolute Gasteiger partial charge is 0.332 e. The van der Waals surface area contributed by atoms with Crippen LogP contribution in [0.2, 0.25) is 23.2 Å². The van der Waals surface area contributed by atoms with E-state index in [9.17, 15) is 14.0 Å². The summed E-state index contributed by atoms with van der Waals surface area (Å²) in [4.78, 5) is 34.7. The molecule has 4 aromatic rings. The van der Waals surface area contributed by atoms with E-state index in [2.05, 4.69) is 38.8 Å². The Balaban J connectivity index is 1.80. The lowest BCUT2D eigenvalue weighted by Crippen LogP contribution is -2.40. The zero-order valence-electron chi connectivity index (χ0n) is 27.1. The summed E-state index contributed by atoms with van der Waals surface area (Å²) >= 11 is 6.75. The topological polar surface area (TPSA) is 108 Å². The van der Waals surface area contributed by atoms with Crippen LogP contribution >= 0.6 is 11.6 Å². The summed E-state index contributed by atoms with van der Waals surface area (Å²) in [5.74, 6) is -0.253. The van der Waals surface area contributed by atoms with Crippen molar-refractivity contribution in [2.24, 2.45) is 0 Å². The van der Waals surface area contributed by atoms with Gasteiger partial charge in [-0.2, -0.15) is 0 Å². The van der Waals surface area contributed by atoms with Crippen molar-refractivity contribution in [1.82, 2.24) is 19.4 Å². The molecule has 0 aliphatic heterocycles. The predicted octanol–water partition coefficient (Wildman–Crippen LogP) is 6.39. The number of carbonyl (C=O) groups excluding carboxylic acids is 1. The maximum atomic E-state index is 14.7. The molecule has 2 aromatic heterocycles. The number of likely N-dealkylation sites (N-methyl/N-ethyl adjacent to an activating group) is 1. The molecule has 0 saturated heterocycles. The van der Waals surface area contributed by atoms with Crippen molar-refractivity contribution in [3.8, 4) is 22.9 Å². The molecule has 4 rings (SSSR count). The van der Waals surface area contributed by atoms with Crippen LogP contribution in [-0.2, 0) is 22.4 Å². The van der Waals surface area contributed by atoms with Gasteiger partial charge in [-0.25, -0.2) is 18.7 Å². The normalized spacial score (nSPS) is 12.0. The van der Waals surface area contributed by atoms with Gasteiger partial charge < -0.3 is 28.5 Å². The number of fused-ring (bicyclic) bond motifs is 1. The maximum absolute atomic E-state index is 14.7. The van der Waals surface area contributed by atoms with E-state index >= 15 is 0 Å². The Kier molecular flexibility index (Phi) is 10.0. The predicted molar refractivity (Wildman–Crippen MR) is 175 cm³/mol. The van der Waals surface area contributed by atoms with Crippen LogP contribution in [0.1, 0.15) is 37.6 Å². The van der Waals surface area contributed by atoms with Crippen LogP contribution in [0.15, 0.2) is 41.2 Å². The van der Waals surface area contributed by atoms with Crippen molar-refractivity contribution in [2.75, 3.05) is 27.8 Å². The maximum Gasteiger partial charge on any atom is 0.332 e. The molecule has 2 aromatic carbocycles. The third-order valence-corrected chi connectivity index (χ3v) is 12.8. The number of aryl methyl sites for hydroxylation is 1. The van der Waals surface area contributed by atoms with Gasteiger partial charge in [0, 0.05) is 26.2 Å². The van der Waals surface area contributed by atoms with E-state index in [-0.39, 0.29) is 58.5 Å². The summed E-state index contributed by atoms with van der Waals surface area (Å²) in [6.45, 7) is 12.5. The Hall–Kier alpha value is -3.87. The SMILES string of the molecule is COc1cccc(F)c1COc1cc(-n2c(=O)[nH]c3c(C)cc(CO[Si](C)(C)C(C)(C)C)nc32)c(Cl)cc1OCC(=O)N(C)C. The summed E-state index contributed by atoms with van der Waals surface area (Å²) in [5.41, 5.74) is 2.34. The van der Waals surface area contributed by atoms with E-state index in [4.69, 9.17) is 35.2 Å². The number of halogens is 2. The van der Waals surface area contributed by atoms with Crippen molar-refractivity contribution < 1.29 is 27.8 Å². The molecule has 0 bridgehead atoms. The van der Waals surface area contributed by atoms with Gasteiger partial charge in [0.1, 0.15) is 18.2 Å². The highest BCUT2D eigenvalue weighted by Gasteiger charge is 2.37. The molecule has 1 N–H and O–H groups in total. The summed E-state index contributed by atoms with van der Waals surface area (Å²) in [7, 11) is 2.57. The van der Waals surface area contributed by atoms with E-state index in [0.717, 1.165) is 5.56 Å². The van der Waals surface area contributed by atoms with Crippen LogP contribution in [0.3, 0.4) is 0 Å². The number of aromatic amines is 1. The summed E-state index contributed by atoms with van der Waals surface area (Å²) in [5, 5.41) is 0.156. The van der Waals surface area contributed by atoms with Crippen LogP contribution in [0.25, 0.3) is 16.9 Å². The van der Waals surface area contributed by atoms with Crippen LogP contribution in [0.5, 0.6) is 17.2 Å². The Morgan fingerprint density at radius 1 is 1.09 bits per heavy atom. The van der Waals surface area contributed by atoms with Crippen LogP contribution in [0.4, 0.5) is 4.39 Å². The largest absolute Gasteiger partial charge is 0.496 e. The molecule has 0 atom stereocenters. The zero-order valence-corrected chi connectivity index (χ0v) is 28.9. The second kappa shape index (κ2) is 13.2. The number of hydrogen-bond donors (Lipinski definition) is 1. The van der Waals surface area contributed by atoms with E-state index in [1.807, 2.05) is 13.0 Å². The Labute approximate surface area is 268 Å². The average Bonchev–Trinajstić information content (AvgIpc) is 3.29. The zero-order chi connectivity index (χ0) is 33.3. The number of ether oxygens (including phenoxy) is 3. The second-order valence-electron chi connectivity index (χ2n) is 12.5. The molecule has 13 heteroatoms. The van der Waals surface area contributed by atoms with Gasteiger partial charge in [-0.05, 0) is 48.8 Å². The molecule has 45 heavy (non-hydrogen) atoms. The van der Waals surface area contributed by atoms with Crippen molar-refractivity contribution >= 4 is 37.0 Å². The molecule has 242 valence electrons. The van der Waals surface area contributed by atoms with Gasteiger partial charge >= 0.3 is 5.69 Å². The van der Waals surface area contributed by atoms with E-state index in [1.165, 1.54) is 40.8 Å². The molecule has 0 unspecified atom stereocenters. The van der Waals surface area contributed by atoms with E-state index in [0.29, 0.717) is 22.6 Å². The Bertz CT molecular complexity index is 1780. The van der Waals surface area contributed by atoms with Gasteiger partial charge in [-0.15, -0.1) is 0 Å². The minimum Gasteiger partial charge on any atom is -0.496 e. The first-order valence-electron chi connectivity index (χ1n) is 14.4. The first kappa shape index (κ1) is 34.0. The monoisotopic (exact) mass is 658 g/mol. The second-order valence-corrected chi connectivity index (χ2v) is 17.7. The average molecular weight is 659 g/mol. The third kappa shape index (κ3) is 7.34. The Morgan fingerprint density at radius 2 is 1.78 bits per heavy atom. The first-order chi connectivity index (χ1) is 21.0. The third-order valence-electron chi connectivity index (χ3n) is 8.06. The summed E-state index contributed by atoms with van der Waals surface area (Å²) in [6, 6.07) is 9.31.